The van der Waals surface area contributed by atoms with Gasteiger partial charge in [-0.05, 0) is 48.0 Å². The molecule has 3 N–H and O–H groups in total. The molecule has 2 heterocycles. The van der Waals surface area contributed by atoms with Crippen molar-refractivity contribution in [2.45, 2.75) is 0 Å². The highest BCUT2D eigenvalue weighted by atomic mass is 19.1. The maximum Gasteiger partial charge on any atom is 0.227 e. The van der Waals surface area contributed by atoms with Crippen LogP contribution in [0.1, 0.15) is 0 Å². The fraction of sp³-hybridized carbons (Fsp3) is 0. The zero-order valence-electron chi connectivity index (χ0n) is 15.7. The molecule has 7 heteroatoms. The number of para-hydroxylation sites is 2. The van der Waals surface area contributed by atoms with Crippen LogP contribution in [0.5, 0.6) is 5.75 Å². The van der Waals surface area contributed by atoms with Crippen LogP contribution < -0.4 is 5.32 Å². The molecule has 0 aliphatic heterocycles. The van der Waals surface area contributed by atoms with Crippen LogP contribution in [-0.4, -0.2) is 25.0 Å². The van der Waals surface area contributed by atoms with Gasteiger partial charge in [0.1, 0.15) is 17.4 Å². The summed E-state index contributed by atoms with van der Waals surface area (Å²) in [6.07, 6.45) is 3.20. The molecule has 0 saturated heterocycles. The highest BCUT2D eigenvalue weighted by molar-refractivity contribution is 5.80. The summed E-state index contributed by atoms with van der Waals surface area (Å²) in [5.41, 5.74) is 4.45. The van der Waals surface area contributed by atoms with Crippen molar-refractivity contribution in [2.75, 3.05) is 5.32 Å². The zero-order chi connectivity index (χ0) is 20.5. The number of halogens is 1. The number of aromatic amines is 1. The number of phenols is 1. The van der Waals surface area contributed by atoms with E-state index in [0.29, 0.717) is 28.6 Å². The third-order valence-corrected chi connectivity index (χ3v) is 4.72. The molecule has 0 aliphatic carbocycles. The molecule has 0 radical (unpaired) electrons. The highest BCUT2D eigenvalue weighted by Gasteiger charge is 2.10. The van der Waals surface area contributed by atoms with Gasteiger partial charge in [0, 0.05) is 23.5 Å². The number of anilines is 2. The lowest BCUT2D eigenvalue weighted by Gasteiger charge is -2.09. The van der Waals surface area contributed by atoms with E-state index in [-0.39, 0.29) is 11.6 Å². The van der Waals surface area contributed by atoms with E-state index in [0.717, 1.165) is 16.6 Å². The highest BCUT2D eigenvalue weighted by Crippen LogP contribution is 2.31. The second-order valence-electron chi connectivity index (χ2n) is 6.77. The predicted octanol–water partition coefficient (Wildman–Crippen LogP) is 5.28. The van der Waals surface area contributed by atoms with E-state index in [1.54, 1.807) is 42.7 Å². The van der Waals surface area contributed by atoms with Crippen molar-refractivity contribution < 1.29 is 9.50 Å². The molecule has 0 bridgehead atoms. The minimum atomic E-state index is -0.318. The molecular weight excluding hydrogens is 381 g/mol. The number of nitrogens with zero attached hydrogens (tertiary/aromatic N) is 3. The minimum Gasteiger partial charge on any atom is -0.506 e. The molecular formula is C23H16FN5O. The summed E-state index contributed by atoms with van der Waals surface area (Å²) >= 11 is 0. The van der Waals surface area contributed by atoms with Crippen LogP contribution in [0.15, 0.2) is 79.1 Å². The van der Waals surface area contributed by atoms with Crippen molar-refractivity contribution >= 4 is 22.7 Å². The van der Waals surface area contributed by atoms with Crippen LogP contribution in [0.4, 0.5) is 16.0 Å². The molecule has 0 saturated carbocycles. The number of hydrogen-bond donors (Lipinski definition) is 3. The van der Waals surface area contributed by atoms with Gasteiger partial charge in [-0.15, -0.1) is 0 Å². The van der Waals surface area contributed by atoms with Crippen molar-refractivity contribution in [2.24, 2.45) is 0 Å². The summed E-state index contributed by atoms with van der Waals surface area (Å²) in [7, 11) is 0. The first-order valence-electron chi connectivity index (χ1n) is 9.29. The largest absolute Gasteiger partial charge is 0.506 e. The van der Waals surface area contributed by atoms with Crippen LogP contribution in [0.3, 0.4) is 0 Å². The fourth-order valence-electron chi connectivity index (χ4n) is 3.20. The molecule has 30 heavy (non-hydrogen) atoms. The Morgan fingerprint density at radius 2 is 1.67 bits per heavy atom. The van der Waals surface area contributed by atoms with Gasteiger partial charge in [0.25, 0.3) is 0 Å². The molecule has 0 fully saturated rings. The van der Waals surface area contributed by atoms with Crippen molar-refractivity contribution in [3.63, 3.8) is 0 Å². The smallest absolute Gasteiger partial charge is 0.227 e. The maximum absolute atomic E-state index is 13.4. The third kappa shape index (κ3) is 3.44. The number of hydrogen-bond acceptors (Lipinski definition) is 5. The third-order valence-electron chi connectivity index (χ3n) is 4.72. The summed E-state index contributed by atoms with van der Waals surface area (Å²) in [6, 6.07) is 19.2. The number of phenolic OH excluding ortho intramolecular Hbond substituents is 1. The molecule has 5 rings (SSSR count). The van der Waals surface area contributed by atoms with E-state index in [1.165, 1.54) is 12.1 Å². The molecule has 2 aromatic heterocycles. The van der Waals surface area contributed by atoms with Crippen LogP contribution in [-0.2, 0) is 0 Å². The van der Waals surface area contributed by atoms with Gasteiger partial charge in [0.05, 0.1) is 16.7 Å². The van der Waals surface area contributed by atoms with E-state index in [9.17, 15) is 9.50 Å². The van der Waals surface area contributed by atoms with E-state index in [4.69, 9.17) is 0 Å². The Kier molecular flexibility index (Phi) is 4.33. The molecule has 0 spiro atoms. The number of H-pyrrole nitrogens is 1. The molecule has 0 aliphatic rings. The first-order chi connectivity index (χ1) is 14.7. The van der Waals surface area contributed by atoms with Gasteiger partial charge in [-0.2, -0.15) is 0 Å². The van der Waals surface area contributed by atoms with Crippen molar-refractivity contribution in [1.82, 2.24) is 19.9 Å². The molecule has 5 aromatic rings. The lowest BCUT2D eigenvalue weighted by Crippen LogP contribution is -1.98. The Bertz CT molecular complexity index is 1310. The number of rotatable bonds is 4. The number of aromatic nitrogens is 4. The van der Waals surface area contributed by atoms with Gasteiger partial charge in [-0.25, -0.2) is 19.3 Å². The second kappa shape index (κ2) is 7.29. The Morgan fingerprint density at radius 3 is 2.47 bits per heavy atom. The SMILES string of the molecule is Oc1ccc(-c2nc3ccccc3[nH]2)cc1Nc1ncc(-c2cccc(F)c2)cn1. The molecule has 0 amide bonds. The topological polar surface area (TPSA) is 86.7 Å². The second-order valence-corrected chi connectivity index (χ2v) is 6.77. The van der Waals surface area contributed by atoms with Gasteiger partial charge in [-0.1, -0.05) is 24.3 Å². The van der Waals surface area contributed by atoms with Crippen LogP contribution in [0, 0.1) is 5.82 Å². The first kappa shape index (κ1) is 17.8. The number of aromatic hydroxyl groups is 1. The monoisotopic (exact) mass is 397 g/mol. The Balaban J connectivity index is 1.42. The number of fused-ring (bicyclic) bond motifs is 1. The fourth-order valence-corrected chi connectivity index (χ4v) is 3.20. The molecule has 146 valence electrons. The van der Waals surface area contributed by atoms with Gasteiger partial charge < -0.3 is 15.4 Å². The van der Waals surface area contributed by atoms with E-state index >= 15 is 0 Å². The molecule has 0 unspecified atom stereocenters. The summed E-state index contributed by atoms with van der Waals surface area (Å²) in [5, 5.41) is 13.3. The van der Waals surface area contributed by atoms with Gasteiger partial charge in [0.15, 0.2) is 0 Å². The van der Waals surface area contributed by atoms with Crippen LogP contribution in [0.2, 0.25) is 0 Å². The Labute approximate surface area is 171 Å². The summed E-state index contributed by atoms with van der Waals surface area (Å²) < 4.78 is 13.4. The van der Waals surface area contributed by atoms with E-state index in [1.807, 2.05) is 24.3 Å². The Hall–Kier alpha value is -4.26. The number of imidazole rings is 1. The number of nitrogens with one attached hydrogen (secondary N) is 2. The number of benzene rings is 3. The lowest BCUT2D eigenvalue weighted by atomic mass is 10.1. The zero-order valence-corrected chi connectivity index (χ0v) is 15.7. The summed E-state index contributed by atoms with van der Waals surface area (Å²) in [6.45, 7) is 0. The van der Waals surface area contributed by atoms with E-state index < -0.39 is 0 Å². The Morgan fingerprint density at radius 1 is 0.833 bits per heavy atom. The van der Waals surface area contributed by atoms with E-state index in [2.05, 4.69) is 25.3 Å². The maximum atomic E-state index is 13.4. The quantitative estimate of drug-likeness (QED) is 0.359. The van der Waals surface area contributed by atoms with Crippen LogP contribution in [0.25, 0.3) is 33.5 Å². The average Bonchev–Trinajstić information content (AvgIpc) is 3.20. The van der Waals surface area contributed by atoms with Gasteiger partial charge >= 0.3 is 0 Å². The summed E-state index contributed by atoms with van der Waals surface area (Å²) in [4.78, 5) is 16.4. The normalized spacial score (nSPS) is 11.0. The first-order valence-corrected chi connectivity index (χ1v) is 9.29. The van der Waals surface area contributed by atoms with Gasteiger partial charge in [0.2, 0.25) is 5.95 Å². The predicted molar refractivity (Wildman–Crippen MR) is 114 cm³/mol. The summed E-state index contributed by atoms with van der Waals surface area (Å²) in [5.74, 6) is 0.753. The molecule has 0 atom stereocenters. The molecule has 6 nitrogen and oxygen atoms in total. The van der Waals surface area contributed by atoms with Crippen LogP contribution >= 0.6 is 0 Å². The van der Waals surface area contributed by atoms with Crippen molar-refractivity contribution in [1.29, 1.82) is 0 Å². The van der Waals surface area contributed by atoms with Crippen molar-refractivity contribution in [3.8, 4) is 28.3 Å². The average molecular weight is 397 g/mol. The molecule has 3 aromatic carbocycles. The lowest BCUT2D eigenvalue weighted by molar-refractivity contribution is 0.477. The van der Waals surface area contributed by atoms with Crippen molar-refractivity contribution in [3.05, 3.63) is 84.9 Å². The minimum absolute atomic E-state index is 0.0627. The van der Waals surface area contributed by atoms with Gasteiger partial charge in [-0.3, -0.25) is 0 Å². The standard InChI is InChI=1S/C23H16FN5O/c24-17-5-3-4-14(10-17)16-12-25-23(26-13-16)29-20-11-15(8-9-21(20)30)22-27-18-6-1-2-7-19(18)28-22/h1-13,30H,(H,27,28)(H,25,26,29).